The highest BCUT2D eigenvalue weighted by molar-refractivity contribution is 5.96. The van der Waals surface area contributed by atoms with Crippen LogP contribution in [-0.4, -0.2) is 34.5 Å². The molecule has 0 aliphatic carbocycles. The molecule has 1 aromatic heterocycles. The molecule has 2 heterocycles. The van der Waals surface area contributed by atoms with E-state index in [9.17, 15) is 9.59 Å². The van der Waals surface area contributed by atoms with E-state index < -0.39 is 12.1 Å². The van der Waals surface area contributed by atoms with Crippen molar-refractivity contribution in [1.82, 2.24) is 9.88 Å². The van der Waals surface area contributed by atoms with Crippen molar-refractivity contribution in [2.45, 2.75) is 31.9 Å². The number of anilines is 1. The molecule has 0 radical (unpaired) electrons. The highest BCUT2D eigenvalue weighted by atomic mass is 16.6. The van der Waals surface area contributed by atoms with Gasteiger partial charge in [0.15, 0.2) is 0 Å². The summed E-state index contributed by atoms with van der Waals surface area (Å²) in [5.74, 6) is -0.204. The summed E-state index contributed by atoms with van der Waals surface area (Å²) in [5, 5.41) is 2.82. The lowest BCUT2D eigenvalue weighted by molar-refractivity contribution is -0.121. The molecule has 1 N–H and O–H groups in total. The number of nitrogens with zero attached hydrogens (tertiary/aromatic N) is 2. The van der Waals surface area contributed by atoms with Gasteiger partial charge in [0.1, 0.15) is 12.6 Å². The third-order valence-corrected chi connectivity index (χ3v) is 4.17. The third-order valence-electron chi connectivity index (χ3n) is 4.17. The number of hydrogen-bond acceptors (Lipinski definition) is 4. The Kier molecular flexibility index (Phi) is 5.61. The van der Waals surface area contributed by atoms with E-state index in [0.29, 0.717) is 18.7 Å². The maximum Gasteiger partial charge on any atom is 0.410 e. The lowest BCUT2D eigenvalue weighted by Crippen LogP contribution is -2.50. The van der Waals surface area contributed by atoms with E-state index in [4.69, 9.17) is 4.74 Å². The number of ether oxygens (including phenoxy) is 1. The normalized spacial score (nSPS) is 17.0. The molecule has 3 rings (SSSR count). The van der Waals surface area contributed by atoms with Crippen LogP contribution < -0.4 is 5.32 Å². The molecule has 1 aliphatic rings. The number of nitrogens with one attached hydrogen (secondary N) is 1. The zero-order valence-electron chi connectivity index (χ0n) is 13.9. The predicted octanol–water partition coefficient (Wildman–Crippen LogP) is 3.21. The van der Waals surface area contributed by atoms with E-state index in [2.05, 4.69) is 10.3 Å². The van der Waals surface area contributed by atoms with E-state index >= 15 is 0 Å². The lowest BCUT2D eigenvalue weighted by atomic mass is 10.0. The number of rotatable bonds is 4. The van der Waals surface area contributed by atoms with E-state index in [0.717, 1.165) is 18.4 Å². The topological polar surface area (TPSA) is 71.5 Å². The molecule has 0 unspecified atom stereocenters. The Balaban J connectivity index is 1.61. The van der Waals surface area contributed by atoms with Crippen molar-refractivity contribution in [3.05, 3.63) is 60.4 Å². The first kappa shape index (κ1) is 17.0. The first-order valence-electron chi connectivity index (χ1n) is 8.42. The lowest BCUT2D eigenvalue weighted by Gasteiger charge is -2.33. The summed E-state index contributed by atoms with van der Waals surface area (Å²) in [4.78, 5) is 30.5. The number of pyridine rings is 1. The largest absolute Gasteiger partial charge is 0.445 e. The van der Waals surface area contributed by atoms with Gasteiger partial charge < -0.3 is 10.1 Å². The Morgan fingerprint density at radius 1 is 1.16 bits per heavy atom. The summed E-state index contributed by atoms with van der Waals surface area (Å²) < 4.78 is 5.39. The van der Waals surface area contributed by atoms with Crippen molar-refractivity contribution in [3.8, 4) is 0 Å². The molecular formula is C19H21N3O3. The van der Waals surface area contributed by atoms with Gasteiger partial charge in [-0.3, -0.25) is 14.7 Å². The van der Waals surface area contributed by atoms with E-state index in [1.165, 1.54) is 4.90 Å². The average Bonchev–Trinajstić information content (AvgIpc) is 2.67. The van der Waals surface area contributed by atoms with Crippen LogP contribution in [0.15, 0.2) is 54.9 Å². The number of amides is 2. The molecule has 1 fully saturated rings. The SMILES string of the molecule is O=C(Nc1cccnc1)[C@@H]1CCCCN1C(=O)OCc1ccccc1. The molecule has 1 aliphatic heterocycles. The summed E-state index contributed by atoms with van der Waals surface area (Å²) in [6, 6.07) is 12.5. The molecule has 0 spiro atoms. The number of likely N-dealkylation sites (tertiary alicyclic amines) is 1. The summed E-state index contributed by atoms with van der Waals surface area (Å²) in [6.45, 7) is 0.728. The molecule has 2 amide bonds. The maximum atomic E-state index is 12.6. The fraction of sp³-hybridized carbons (Fsp3) is 0.316. The second-order valence-corrected chi connectivity index (χ2v) is 5.98. The highest BCUT2D eigenvalue weighted by Gasteiger charge is 2.33. The molecule has 6 heteroatoms. The van der Waals surface area contributed by atoms with Gasteiger partial charge in [-0.05, 0) is 37.0 Å². The Morgan fingerprint density at radius 3 is 2.76 bits per heavy atom. The quantitative estimate of drug-likeness (QED) is 0.928. The number of aromatic nitrogens is 1. The molecule has 0 saturated carbocycles. The fourth-order valence-electron chi connectivity index (χ4n) is 2.89. The van der Waals surface area contributed by atoms with Gasteiger partial charge >= 0.3 is 6.09 Å². The first-order valence-corrected chi connectivity index (χ1v) is 8.42. The van der Waals surface area contributed by atoms with Crippen molar-refractivity contribution < 1.29 is 14.3 Å². The molecule has 1 saturated heterocycles. The molecule has 2 aromatic rings. The van der Waals surface area contributed by atoms with Crippen LogP contribution in [0.2, 0.25) is 0 Å². The van der Waals surface area contributed by atoms with Gasteiger partial charge in [0.2, 0.25) is 5.91 Å². The minimum atomic E-state index is -0.516. The van der Waals surface area contributed by atoms with Gasteiger partial charge in [0.25, 0.3) is 0 Å². The predicted molar refractivity (Wildman–Crippen MR) is 93.8 cm³/mol. The van der Waals surface area contributed by atoms with Gasteiger partial charge in [0.05, 0.1) is 11.9 Å². The monoisotopic (exact) mass is 339 g/mol. The summed E-state index contributed by atoms with van der Waals surface area (Å²) in [7, 11) is 0. The number of piperidine rings is 1. The van der Waals surface area contributed by atoms with Crippen LogP contribution in [0.1, 0.15) is 24.8 Å². The van der Waals surface area contributed by atoms with E-state index in [-0.39, 0.29) is 12.5 Å². The van der Waals surface area contributed by atoms with Crippen molar-refractivity contribution in [1.29, 1.82) is 0 Å². The summed E-state index contributed by atoms with van der Waals surface area (Å²) >= 11 is 0. The number of benzene rings is 1. The third kappa shape index (κ3) is 4.56. The smallest absolute Gasteiger partial charge is 0.410 e. The molecular weight excluding hydrogens is 318 g/mol. The van der Waals surface area contributed by atoms with Gasteiger partial charge in [0, 0.05) is 12.7 Å². The molecule has 130 valence electrons. The molecule has 1 atom stereocenters. The second-order valence-electron chi connectivity index (χ2n) is 5.98. The fourth-order valence-corrected chi connectivity index (χ4v) is 2.89. The first-order chi connectivity index (χ1) is 12.2. The number of carbonyl (C=O) groups excluding carboxylic acids is 2. The van der Waals surface area contributed by atoms with Crippen LogP contribution in [0, 0.1) is 0 Å². The average molecular weight is 339 g/mol. The van der Waals surface area contributed by atoms with Gasteiger partial charge in [-0.1, -0.05) is 30.3 Å². The van der Waals surface area contributed by atoms with Crippen molar-refractivity contribution >= 4 is 17.7 Å². The van der Waals surface area contributed by atoms with E-state index in [1.807, 2.05) is 30.3 Å². The van der Waals surface area contributed by atoms with Gasteiger partial charge in [-0.2, -0.15) is 0 Å². The van der Waals surface area contributed by atoms with Crippen LogP contribution in [0.25, 0.3) is 0 Å². The second kappa shape index (κ2) is 8.28. The van der Waals surface area contributed by atoms with Crippen molar-refractivity contribution in [3.63, 3.8) is 0 Å². The Bertz CT molecular complexity index is 706. The minimum absolute atomic E-state index is 0.202. The van der Waals surface area contributed by atoms with Crippen LogP contribution >= 0.6 is 0 Å². The molecule has 1 aromatic carbocycles. The van der Waals surface area contributed by atoms with Crippen LogP contribution in [0.5, 0.6) is 0 Å². The maximum absolute atomic E-state index is 12.6. The Morgan fingerprint density at radius 2 is 2.00 bits per heavy atom. The standard InChI is InChI=1S/C19H21N3O3/c23-18(21-16-9-6-11-20-13-16)17-10-4-5-12-22(17)19(24)25-14-15-7-2-1-3-8-15/h1-3,6-9,11,13,17H,4-5,10,12,14H2,(H,21,23)/t17-/m0/s1. The van der Waals surface area contributed by atoms with Crippen molar-refractivity contribution in [2.24, 2.45) is 0 Å². The number of carbonyl (C=O) groups is 2. The van der Waals surface area contributed by atoms with Crippen LogP contribution in [0.3, 0.4) is 0 Å². The van der Waals surface area contributed by atoms with Gasteiger partial charge in [-0.25, -0.2) is 4.79 Å². The van der Waals surface area contributed by atoms with E-state index in [1.54, 1.807) is 24.5 Å². The minimum Gasteiger partial charge on any atom is -0.445 e. The molecule has 6 nitrogen and oxygen atoms in total. The zero-order valence-corrected chi connectivity index (χ0v) is 13.9. The van der Waals surface area contributed by atoms with Gasteiger partial charge in [-0.15, -0.1) is 0 Å². The zero-order chi connectivity index (χ0) is 17.5. The summed E-state index contributed by atoms with van der Waals surface area (Å²) in [6.07, 6.45) is 5.19. The van der Waals surface area contributed by atoms with Crippen molar-refractivity contribution in [2.75, 3.05) is 11.9 Å². The Hall–Kier alpha value is -2.89. The molecule has 0 bridgehead atoms. The highest BCUT2D eigenvalue weighted by Crippen LogP contribution is 2.20. The molecule has 25 heavy (non-hydrogen) atoms. The van der Waals surface area contributed by atoms with Crippen LogP contribution in [-0.2, 0) is 16.1 Å². The summed E-state index contributed by atoms with van der Waals surface area (Å²) in [5.41, 5.74) is 1.54. The number of hydrogen-bond donors (Lipinski definition) is 1. The van der Waals surface area contributed by atoms with Crippen LogP contribution in [0.4, 0.5) is 10.5 Å². The Labute approximate surface area is 146 Å².